The number of pyridine rings is 1. The number of ether oxygens (including phenoxy) is 1. The largest absolute Gasteiger partial charge is 0.461 e. The Morgan fingerprint density at radius 1 is 0.900 bits per heavy atom. The van der Waals surface area contributed by atoms with Gasteiger partial charge in [0.15, 0.2) is 11.9 Å². The van der Waals surface area contributed by atoms with Crippen molar-refractivity contribution >= 4 is 5.97 Å². The van der Waals surface area contributed by atoms with Gasteiger partial charge in [-0.15, -0.1) is 0 Å². The average Bonchev–Trinajstić information content (AvgIpc) is 3.32. The third kappa shape index (κ3) is 5.40. The number of rotatable bonds is 6. The first-order valence-electron chi connectivity index (χ1n) is 12.3. The third-order valence-corrected chi connectivity index (χ3v) is 6.10. The molecule has 1 unspecified atom stereocenters. The van der Waals surface area contributed by atoms with E-state index >= 15 is 0 Å². The lowest BCUT2D eigenvalue weighted by Crippen LogP contribution is -2.26. The molecule has 0 aliphatic carbocycles. The molecule has 0 spiro atoms. The van der Waals surface area contributed by atoms with Gasteiger partial charge in [-0.1, -0.05) is 29.8 Å². The molecule has 5 rings (SSSR count). The van der Waals surface area contributed by atoms with Crippen molar-refractivity contribution in [1.29, 1.82) is 0 Å². The van der Waals surface area contributed by atoms with Crippen LogP contribution in [0.2, 0.25) is 0 Å². The molecule has 3 aromatic rings. The maximum Gasteiger partial charge on any atom is 0.417 e. The maximum absolute atomic E-state index is 14.3. The molecule has 0 amide bonds. The minimum atomic E-state index is -4.58. The molecule has 2 aliphatic rings. The molecular formula is C29H23F4N5O2. The Morgan fingerprint density at radius 2 is 1.65 bits per heavy atom. The van der Waals surface area contributed by atoms with E-state index in [0.29, 0.717) is 17.0 Å². The summed E-state index contributed by atoms with van der Waals surface area (Å²) in [5.41, 5.74) is 0.755. The summed E-state index contributed by atoms with van der Waals surface area (Å²) >= 11 is 0. The number of carbonyl (C=O) groups excluding carboxylic acids is 1. The highest BCUT2D eigenvalue weighted by molar-refractivity contribution is 5.78. The number of halogens is 4. The van der Waals surface area contributed by atoms with Gasteiger partial charge in [-0.05, 0) is 57.2 Å². The molecule has 0 fully saturated rings. The second-order valence-corrected chi connectivity index (χ2v) is 9.47. The van der Waals surface area contributed by atoms with E-state index in [4.69, 9.17) is 4.74 Å². The standard InChI is InChI=1S/C29H23F4N5O2/c1-16(2)40-28(39)26(24-11-10-22(36-37-24)18-9-8-17(3)14-20(18)29(31,32)33)38-13-12-23-25(15-38)35-27(34-23)19-6-4-5-7-21(19)30/h4-16,26H,1-3H3. The van der Waals surface area contributed by atoms with E-state index in [0.717, 1.165) is 6.07 Å². The summed E-state index contributed by atoms with van der Waals surface area (Å²) in [6.07, 6.45) is -1.90. The lowest BCUT2D eigenvalue weighted by atomic mass is 10.0. The quantitative estimate of drug-likeness (QED) is 0.177. The molecule has 0 bridgehead atoms. The van der Waals surface area contributed by atoms with Crippen molar-refractivity contribution in [2.45, 2.75) is 39.1 Å². The molecule has 7 nitrogen and oxygen atoms in total. The van der Waals surface area contributed by atoms with Crippen LogP contribution in [0.3, 0.4) is 0 Å². The monoisotopic (exact) mass is 549 g/mol. The summed E-state index contributed by atoms with van der Waals surface area (Å²) in [6.45, 7) is 4.96. The van der Waals surface area contributed by atoms with Crippen LogP contribution in [0.4, 0.5) is 17.6 Å². The highest BCUT2D eigenvalue weighted by Crippen LogP contribution is 2.37. The van der Waals surface area contributed by atoms with E-state index in [1.807, 2.05) is 0 Å². The number of nitrogens with zero attached hydrogens (tertiary/aromatic N) is 5. The minimum absolute atomic E-state index is 0.00364. The summed E-state index contributed by atoms with van der Waals surface area (Å²) in [5.74, 6) is -0.932. The fraction of sp³-hybridized carbons (Fsp3) is 0.207. The van der Waals surface area contributed by atoms with Gasteiger partial charge in [0.05, 0.1) is 34.3 Å². The Morgan fingerprint density at radius 3 is 2.33 bits per heavy atom. The zero-order valence-corrected chi connectivity index (χ0v) is 21.6. The van der Waals surface area contributed by atoms with Crippen LogP contribution in [0, 0.1) is 12.7 Å². The maximum atomic E-state index is 14.3. The predicted molar refractivity (Wildman–Crippen MR) is 139 cm³/mol. The van der Waals surface area contributed by atoms with Crippen molar-refractivity contribution in [3.63, 3.8) is 0 Å². The van der Waals surface area contributed by atoms with Gasteiger partial charge in [0, 0.05) is 18.0 Å². The van der Waals surface area contributed by atoms with Gasteiger partial charge in [-0.2, -0.15) is 23.4 Å². The van der Waals surface area contributed by atoms with Crippen LogP contribution in [0.5, 0.6) is 0 Å². The van der Waals surface area contributed by atoms with E-state index in [1.54, 1.807) is 63.5 Å². The SMILES string of the molecule is Cc1ccc(-c2ccc(C(C(=O)OC(C)C)n3ccc4nc(-c5ccccc5F)nc-4c3)nn2)c(C(F)(F)F)c1. The van der Waals surface area contributed by atoms with Crippen molar-refractivity contribution in [1.82, 2.24) is 24.7 Å². The molecule has 40 heavy (non-hydrogen) atoms. The van der Waals surface area contributed by atoms with Gasteiger partial charge >= 0.3 is 12.1 Å². The molecule has 11 heteroatoms. The van der Waals surface area contributed by atoms with E-state index in [-0.39, 0.29) is 28.3 Å². The van der Waals surface area contributed by atoms with Crippen LogP contribution < -0.4 is 0 Å². The molecule has 0 saturated carbocycles. The van der Waals surface area contributed by atoms with Gasteiger partial charge in [-0.3, -0.25) is 0 Å². The number of imidazole rings is 1. The lowest BCUT2D eigenvalue weighted by Gasteiger charge is -2.21. The number of alkyl halides is 3. The summed E-state index contributed by atoms with van der Waals surface area (Å²) in [6, 6.07) is 13.4. The summed E-state index contributed by atoms with van der Waals surface area (Å²) in [5, 5.41) is 8.16. The normalized spacial score (nSPS) is 12.6. The predicted octanol–water partition coefficient (Wildman–Crippen LogP) is 6.51. The number of hydrogen-bond acceptors (Lipinski definition) is 6. The molecular weight excluding hydrogens is 526 g/mol. The molecule has 0 saturated heterocycles. The van der Waals surface area contributed by atoms with Crippen LogP contribution in [0.15, 0.2) is 73.1 Å². The van der Waals surface area contributed by atoms with Crippen molar-refractivity contribution in [3.8, 4) is 34.0 Å². The van der Waals surface area contributed by atoms with Crippen LogP contribution in [0.1, 0.15) is 36.7 Å². The molecule has 2 aromatic carbocycles. The van der Waals surface area contributed by atoms with Crippen LogP contribution >= 0.6 is 0 Å². The lowest BCUT2D eigenvalue weighted by molar-refractivity contribution is -0.150. The first kappa shape index (κ1) is 26.9. The Labute approximate surface area is 226 Å². The zero-order valence-electron chi connectivity index (χ0n) is 21.6. The Balaban J connectivity index is 1.55. The summed E-state index contributed by atoms with van der Waals surface area (Å²) < 4.78 is 62.3. The third-order valence-electron chi connectivity index (χ3n) is 6.10. The van der Waals surface area contributed by atoms with Crippen molar-refractivity contribution in [3.05, 3.63) is 95.7 Å². The second kappa shape index (κ2) is 10.5. The fourth-order valence-electron chi connectivity index (χ4n) is 4.29. The molecule has 0 N–H and O–H groups in total. The first-order valence-corrected chi connectivity index (χ1v) is 12.3. The van der Waals surface area contributed by atoms with Gasteiger partial charge in [0.25, 0.3) is 0 Å². The summed E-state index contributed by atoms with van der Waals surface area (Å²) in [7, 11) is 0. The first-order chi connectivity index (χ1) is 19.0. The number of aryl methyl sites for hydroxylation is 1. The number of hydrogen-bond donors (Lipinski definition) is 0. The highest BCUT2D eigenvalue weighted by atomic mass is 19.4. The second-order valence-electron chi connectivity index (χ2n) is 9.47. The van der Waals surface area contributed by atoms with Gasteiger partial charge < -0.3 is 9.30 Å². The van der Waals surface area contributed by atoms with E-state index < -0.39 is 35.7 Å². The zero-order chi connectivity index (χ0) is 28.6. The van der Waals surface area contributed by atoms with Crippen LogP contribution in [0.25, 0.3) is 34.0 Å². The molecule has 1 atom stereocenters. The van der Waals surface area contributed by atoms with Gasteiger partial charge in [0.2, 0.25) is 0 Å². The molecule has 0 radical (unpaired) electrons. The molecule has 2 aliphatic heterocycles. The number of carbonyl (C=O) groups is 1. The molecule has 1 aromatic heterocycles. The minimum Gasteiger partial charge on any atom is -0.461 e. The van der Waals surface area contributed by atoms with E-state index in [2.05, 4.69) is 20.2 Å². The topological polar surface area (TPSA) is 82.8 Å². The number of fused-ring (bicyclic) bond motifs is 1. The number of benzene rings is 2. The van der Waals surface area contributed by atoms with Gasteiger partial charge in [0.1, 0.15) is 11.5 Å². The average molecular weight is 550 g/mol. The Kier molecular flexibility index (Phi) is 7.05. The number of esters is 1. The number of aromatic nitrogens is 5. The van der Waals surface area contributed by atoms with Crippen molar-refractivity contribution in [2.24, 2.45) is 0 Å². The fourth-order valence-corrected chi connectivity index (χ4v) is 4.29. The summed E-state index contributed by atoms with van der Waals surface area (Å²) in [4.78, 5) is 22.0. The van der Waals surface area contributed by atoms with E-state index in [9.17, 15) is 22.4 Å². The van der Waals surface area contributed by atoms with Crippen molar-refractivity contribution in [2.75, 3.05) is 0 Å². The van der Waals surface area contributed by atoms with Gasteiger partial charge in [-0.25, -0.2) is 19.2 Å². The highest BCUT2D eigenvalue weighted by Gasteiger charge is 2.34. The Hall–Kier alpha value is -4.67. The Bertz CT molecular complexity index is 1650. The molecule has 3 heterocycles. The van der Waals surface area contributed by atoms with E-state index in [1.165, 1.54) is 28.8 Å². The van der Waals surface area contributed by atoms with Crippen LogP contribution in [-0.4, -0.2) is 36.8 Å². The molecule has 204 valence electrons. The smallest absolute Gasteiger partial charge is 0.417 e. The van der Waals surface area contributed by atoms with Crippen molar-refractivity contribution < 1.29 is 27.1 Å². The van der Waals surface area contributed by atoms with Crippen LogP contribution in [-0.2, 0) is 15.7 Å².